The molecule has 0 spiro atoms. The molecule has 5 nitrogen and oxygen atoms in total. The predicted molar refractivity (Wildman–Crippen MR) is 135 cm³/mol. The molecule has 2 aromatic rings. The third kappa shape index (κ3) is 6.45. The molecule has 1 aliphatic rings. The quantitative estimate of drug-likeness (QED) is 0.351. The number of methoxy groups -OCH3 is 1. The molecular weight excluding hydrogens is 416 g/mol. The van der Waals surface area contributed by atoms with Crippen LogP contribution in [0.3, 0.4) is 0 Å². The zero-order chi connectivity index (χ0) is 23.1. The Labute approximate surface area is 193 Å². The van der Waals surface area contributed by atoms with Gasteiger partial charge in [0, 0.05) is 32.7 Å². The van der Waals surface area contributed by atoms with E-state index in [-0.39, 0.29) is 12.0 Å². The van der Waals surface area contributed by atoms with Gasteiger partial charge in [0.25, 0.3) is 0 Å². The van der Waals surface area contributed by atoms with Gasteiger partial charge >= 0.3 is 6.09 Å². The Morgan fingerprint density at radius 2 is 2.12 bits per heavy atom. The summed E-state index contributed by atoms with van der Waals surface area (Å²) in [6.07, 6.45) is 9.96. The second-order valence-corrected chi connectivity index (χ2v) is 15.4. The molecule has 2 heterocycles. The number of hydrogen-bond acceptors (Lipinski definition) is 4. The number of fused-ring (bicyclic) bond motifs is 1. The first kappa shape index (κ1) is 24.0. The zero-order valence-electron chi connectivity index (χ0n) is 19.8. The summed E-state index contributed by atoms with van der Waals surface area (Å²) >= 11 is 0. The first-order valence-electron chi connectivity index (χ1n) is 11.4. The van der Waals surface area contributed by atoms with Crippen LogP contribution >= 0.6 is 0 Å². The van der Waals surface area contributed by atoms with Gasteiger partial charge in [0.1, 0.15) is 5.75 Å². The van der Waals surface area contributed by atoms with Crippen LogP contribution in [0.2, 0.25) is 25.7 Å². The summed E-state index contributed by atoms with van der Waals surface area (Å²) < 4.78 is 10.9. The van der Waals surface area contributed by atoms with Crippen molar-refractivity contribution in [2.45, 2.75) is 38.5 Å². The van der Waals surface area contributed by atoms with Gasteiger partial charge in [-0.25, -0.2) is 4.79 Å². The molecule has 0 radical (unpaired) electrons. The Hall–Kier alpha value is -2.60. The number of carbonyl (C=O) groups is 1. The highest BCUT2D eigenvalue weighted by Crippen LogP contribution is 2.29. The van der Waals surface area contributed by atoms with Crippen LogP contribution in [-0.4, -0.2) is 50.9 Å². The molecule has 3 rings (SSSR count). The molecule has 172 valence electrons. The minimum absolute atomic E-state index is 0.179. The van der Waals surface area contributed by atoms with Crippen LogP contribution in [0.4, 0.5) is 4.79 Å². The molecule has 0 aliphatic carbocycles. The second kappa shape index (κ2) is 10.8. The third-order valence-corrected chi connectivity index (χ3v) is 7.87. The van der Waals surface area contributed by atoms with E-state index in [1.807, 2.05) is 41.4 Å². The van der Waals surface area contributed by atoms with Crippen LogP contribution in [0.25, 0.3) is 17.0 Å². The van der Waals surface area contributed by atoms with Gasteiger partial charge in [0.15, 0.2) is 0 Å². The smallest absolute Gasteiger partial charge is 0.409 e. The van der Waals surface area contributed by atoms with Crippen LogP contribution in [0.15, 0.2) is 49.2 Å². The van der Waals surface area contributed by atoms with Crippen LogP contribution < -0.4 is 4.74 Å². The van der Waals surface area contributed by atoms with Gasteiger partial charge in [0.05, 0.1) is 19.2 Å². The minimum Gasteiger partial charge on any atom is -0.497 e. The summed E-state index contributed by atoms with van der Waals surface area (Å²) in [6.45, 7) is 12.9. The molecule has 2 atom stereocenters. The highest BCUT2D eigenvalue weighted by molar-refractivity contribution is 6.76. The van der Waals surface area contributed by atoms with Crippen molar-refractivity contribution < 1.29 is 14.3 Å². The lowest BCUT2D eigenvalue weighted by atomic mass is 9.83. The van der Waals surface area contributed by atoms with Crippen molar-refractivity contribution in [2.24, 2.45) is 11.8 Å². The van der Waals surface area contributed by atoms with Crippen molar-refractivity contribution in [1.29, 1.82) is 0 Å². The van der Waals surface area contributed by atoms with E-state index in [0.29, 0.717) is 19.1 Å². The average Bonchev–Trinajstić information content (AvgIpc) is 2.78. The topological polar surface area (TPSA) is 51.7 Å². The molecule has 0 saturated carbocycles. The number of hydrogen-bond donors (Lipinski definition) is 0. The van der Waals surface area contributed by atoms with Crippen LogP contribution in [-0.2, 0) is 4.74 Å². The number of amides is 1. The second-order valence-electron chi connectivity index (χ2n) is 9.74. The standard InChI is InChI=1S/C26H36N2O3Si/c1-6-20-19-28(26(29)31-16-17-32(3,4)5)15-13-21(20)8-7-9-22-12-14-27-25-11-10-23(30-2)18-24(22)25/h6-7,9-12,14,18,20-21H,1,8,13,15-17,19H2,2-5H3/b9-7+/t20-,21+/m0/s1. The highest BCUT2D eigenvalue weighted by atomic mass is 28.3. The molecule has 1 aliphatic heterocycles. The fraction of sp³-hybridized carbons (Fsp3) is 0.462. The zero-order valence-corrected chi connectivity index (χ0v) is 20.8. The molecule has 0 bridgehead atoms. The molecule has 6 heteroatoms. The molecule has 1 aromatic heterocycles. The summed E-state index contributed by atoms with van der Waals surface area (Å²) in [4.78, 5) is 18.8. The van der Waals surface area contributed by atoms with Crippen LogP contribution in [0, 0.1) is 11.8 Å². The van der Waals surface area contributed by atoms with Gasteiger partial charge in [0.2, 0.25) is 0 Å². The monoisotopic (exact) mass is 452 g/mol. The molecule has 1 fully saturated rings. The molecule has 32 heavy (non-hydrogen) atoms. The Bertz CT molecular complexity index is 967. The third-order valence-electron chi connectivity index (χ3n) is 6.16. The number of nitrogens with zero attached hydrogens (tertiary/aromatic N) is 2. The van der Waals surface area contributed by atoms with Gasteiger partial charge in [-0.2, -0.15) is 0 Å². The van der Waals surface area contributed by atoms with Crippen molar-refractivity contribution in [3.05, 3.63) is 54.8 Å². The minimum atomic E-state index is -1.20. The normalized spacial score (nSPS) is 19.3. The lowest BCUT2D eigenvalue weighted by Crippen LogP contribution is -2.43. The van der Waals surface area contributed by atoms with E-state index >= 15 is 0 Å². The van der Waals surface area contributed by atoms with Crippen molar-refractivity contribution in [1.82, 2.24) is 9.88 Å². The first-order valence-corrected chi connectivity index (χ1v) is 15.1. The van der Waals surface area contributed by atoms with Crippen molar-refractivity contribution in [3.8, 4) is 5.75 Å². The molecule has 0 N–H and O–H groups in total. The van der Waals surface area contributed by atoms with Gasteiger partial charge in [-0.15, -0.1) is 6.58 Å². The number of ether oxygens (including phenoxy) is 2. The number of benzene rings is 1. The van der Waals surface area contributed by atoms with E-state index in [9.17, 15) is 4.79 Å². The Morgan fingerprint density at radius 3 is 2.84 bits per heavy atom. The number of piperidine rings is 1. The van der Waals surface area contributed by atoms with Crippen LogP contribution in [0.1, 0.15) is 18.4 Å². The summed E-state index contributed by atoms with van der Waals surface area (Å²) in [6, 6.07) is 8.97. The van der Waals surface area contributed by atoms with E-state index in [1.165, 1.54) is 0 Å². The molecule has 1 aromatic carbocycles. The van der Waals surface area contributed by atoms with E-state index in [2.05, 4.69) is 43.4 Å². The van der Waals surface area contributed by atoms with Crippen LogP contribution in [0.5, 0.6) is 5.75 Å². The van der Waals surface area contributed by atoms with Gasteiger partial charge < -0.3 is 14.4 Å². The first-order chi connectivity index (χ1) is 15.3. The van der Waals surface area contributed by atoms with E-state index in [1.54, 1.807) is 7.11 Å². The SMILES string of the molecule is C=C[C@H]1CN(C(=O)OCC[Si](C)(C)C)CC[C@H]1C/C=C/c1ccnc2ccc(OC)cc12. The molecular formula is C26H36N2O3Si. The number of allylic oxidation sites excluding steroid dienone is 1. The Kier molecular flexibility index (Phi) is 8.13. The maximum absolute atomic E-state index is 12.5. The maximum atomic E-state index is 12.5. The number of pyridine rings is 1. The fourth-order valence-corrected chi connectivity index (χ4v) is 4.79. The largest absolute Gasteiger partial charge is 0.497 e. The van der Waals surface area contributed by atoms with E-state index < -0.39 is 8.07 Å². The highest BCUT2D eigenvalue weighted by Gasteiger charge is 2.30. The maximum Gasteiger partial charge on any atom is 0.409 e. The summed E-state index contributed by atoms with van der Waals surface area (Å²) in [5, 5.41) is 1.08. The molecule has 0 unspecified atom stereocenters. The van der Waals surface area contributed by atoms with Crippen molar-refractivity contribution in [3.63, 3.8) is 0 Å². The van der Waals surface area contributed by atoms with Gasteiger partial charge in [-0.05, 0) is 60.6 Å². The Balaban J connectivity index is 1.58. The van der Waals surface area contributed by atoms with Gasteiger partial charge in [-0.3, -0.25) is 4.98 Å². The molecule has 1 saturated heterocycles. The number of aromatic nitrogens is 1. The Morgan fingerprint density at radius 1 is 1.31 bits per heavy atom. The average molecular weight is 453 g/mol. The van der Waals surface area contributed by atoms with Crippen molar-refractivity contribution in [2.75, 3.05) is 26.8 Å². The van der Waals surface area contributed by atoms with Gasteiger partial charge in [-0.1, -0.05) is 37.9 Å². The molecule has 1 amide bonds. The lowest BCUT2D eigenvalue weighted by Gasteiger charge is -2.36. The predicted octanol–water partition coefficient (Wildman–Crippen LogP) is 6.25. The summed E-state index contributed by atoms with van der Waals surface area (Å²) in [5.74, 6) is 1.57. The fourth-order valence-electron chi connectivity index (χ4n) is 4.08. The summed E-state index contributed by atoms with van der Waals surface area (Å²) in [5.41, 5.74) is 2.09. The van der Waals surface area contributed by atoms with E-state index in [4.69, 9.17) is 9.47 Å². The number of likely N-dealkylation sites (tertiary alicyclic amines) is 1. The van der Waals surface area contributed by atoms with E-state index in [0.717, 1.165) is 47.6 Å². The number of carbonyl (C=O) groups excluding carboxylic acids is 1. The lowest BCUT2D eigenvalue weighted by molar-refractivity contribution is 0.0809. The number of rotatable bonds is 8. The van der Waals surface area contributed by atoms with Crippen molar-refractivity contribution >= 4 is 31.1 Å². The summed E-state index contributed by atoms with van der Waals surface area (Å²) in [7, 11) is 0.476.